The molecule has 152 valence electrons. The number of likely N-dealkylation sites (tertiary alicyclic amines) is 1. The van der Waals surface area contributed by atoms with Crippen LogP contribution in [0.5, 0.6) is 0 Å². The van der Waals surface area contributed by atoms with Gasteiger partial charge in [0.05, 0.1) is 18.7 Å². The van der Waals surface area contributed by atoms with Crippen LogP contribution in [0.3, 0.4) is 0 Å². The summed E-state index contributed by atoms with van der Waals surface area (Å²) < 4.78 is 13.3. The van der Waals surface area contributed by atoms with Crippen molar-refractivity contribution in [2.75, 3.05) is 6.61 Å². The van der Waals surface area contributed by atoms with Gasteiger partial charge in [-0.1, -0.05) is 42.9 Å². The van der Waals surface area contributed by atoms with E-state index in [4.69, 9.17) is 0 Å². The maximum atomic E-state index is 13.3. The summed E-state index contributed by atoms with van der Waals surface area (Å²) >= 11 is 0. The summed E-state index contributed by atoms with van der Waals surface area (Å²) in [6.07, 6.45) is 3.84. The zero-order valence-electron chi connectivity index (χ0n) is 16.6. The Balaban J connectivity index is 1.51. The van der Waals surface area contributed by atoms with Crippen LogP contribution >= 0.6 is 0 Å². The van der Waals surface area contributed by atoms with Crippen molar-refractivity contribution < 1.29 is 14.3 Å². The first-order chi connectivity index (χ1) is 14.6. The van der Waals surface area contributed by atoms with Crippen LogP contribution in [0.1, 0.15) is 48.3 Å². The standard InChI is InChI=1S/C25H23FN2O2/c26-21-7-3-4-18(14-21)9-8-17-10-12-19(13-11-17)24-22(15-27)28(23(24)16-29)25(30)20-5-1-2-6-20/h3-4,7,10-14,20,22-24,29H,1-2,5-6,16H2/t22-,23-,24+/m0/s1. The van der Waals surface area contributed by atoms with Gasteiger partial charge in [0, 0.05) is 23.0 Å². The van der Waals surface area contributed by atoms with Gasteiger partial charge < -0.3 is 10.0 Å². The van der Waals surface area contributed by atoms with Crippen LogP contribution in [0.15, 0.2) is 48.5 Å². The predicted molar refractivity (Wildman–Crippen MR) is 111 cm³/mol. The molecule has 4 nitrogen and oxygen atoms in total. The highest BCUT2D eigenvalue weighted by molar-refractivity contribution is 5.82. The topological polar surface area (TPSA) is 64.3 Å². The maximum Gasteiger partial charge on any atom is 0.227 e. The highest BCUT2D eigenvalue weighted by Crippen LogP contribution is 2.42. The Bertz CT molecular complexity index is 1030. The van der Waals surface area contributed by atoms with Gasteiger partial charge >= 0.3 is 0 Å². The molecule has 1 saturated carbocycles. The molecule has 0 unspecified atom stereocenters. The predicted octanol–water partition coefficient (Wildman–Crippen LogP) is 3.59. The molecule has 1 heterocycles. The number of benzene rings is 2. The van der Waals surface area contributed by atoms with Crippen molar-refractivity contribution in [3.05, 3.63) is 71.0 Å². The lowest BCUT2D eigenvalue weighted by Crippen LogP contribution is -2.66. The fourth-order valence-electron chi connectivity index (χ4n) is 4.59. The van der Waals surface area contributed by atoms with E-state index in [0.29, 0.717) is 5.56 Å². The third-order valence-corrected chi connectivity index (χ3v) is 6.16. The Morgan fingerprint density at radius 1 is 1.10 bits per heavy atom. The second-order valence-corrected chi connectivity index (χ2v) is 7.96. The first-order valence-electron chi connectivity index (χ1n) is 10.3. The minimum atomic E-state index is -0.556. The minimum Gasteiger partial charge on any atom is -0.394 e. The largest absolute Gasteiger partial charge is 0.394 e. The van der Waals surface area contributed by atoms with Crippen LogP contribution in [0, 0.1) is 34.9 Å². The van der Waals surface area contributed by atoms with E-state index >= 15 is 0 Å². The maximum absolute atomic E-state index is 13.3. The van der Waals surface area contributed by atoms with Crippen LogP contribution in [0.25, 0.3) is 0 Å². The van der Waals surface area contributed by atoms with Gasteiger partial charge in [0.1, 0.15) is 11.9 Å². The average molecular weight is 402 g/mol. The molecule has 1 amide bonds. The zero-order valence-corrected chi connectivity index (χ0v) is 16.6. The number of aliphatic hydroxyl groups excluding tert-OH is 1. The number of carbonyl (C=O) groups is 1. The Labute approximate surface area is 175 Å². The SMILES string of the molecule is N#C[C@H]1[C@@H](c2ccc(C#Cc3cccc(F)c3)cc2)[C@H](CO)N1C(=O)C1CCCC1. The number of hydrogen-bond donors (Lipinski definition) is 1. The highest BCUT2D eigenvalue weighted by Gasteiger charge is 2.52. The number of amides is 1. The van der Waals surface area contributed by atoms with Crippen LogP contribution in [-0.2, 0) is 4.79 Å². The van der Waals surface area contributed by atoms with Gasteiger partial charge in [-0.2, -0.15) is 5.26 Å². The normalized spacial score (nSPS) is 23.2. The van der Waals surface area contributed by atoms with Gasteiger partial charge in [0.2, 0.25) is 5.91 Å². The van der Waals surface area contributed by atoms with E-state index in [1.165, 1.54) is 12.1 Å². The van der Waals surface area contributed by atoms with E-state index in [0.717, 1.165) is 36.8 Å². The van der Waals surface area contributed by atoms with E-state index in [1.807, 2.05) is 24.3 Å². The summed E-state index contributed by atoms with van der Waals surface area (Å²) in [5.74, 6) is 5.40. The van der Waals surface area contributed by atoms with Crippen molar-refractivity contribution in [1.82, 2.24) is 4.90 Å². The lowest BCUT2D eigenvalue weighted by Gasteiger charge is -2.52. The van der Waals surface area contributed by atoms with Gasteiger partial charge in [-0.25, -0.2) is 4.39 Å². The molecule has 5 heteroatoms. The molecule has 0 bridgehead atoms. The molecule has 1 aliphatic heterocycles. The Kier molecular flexibility index (Phi) is 5.84. The zero-order chi connectivity index (χ0) is 21.1. The summed E-state index contributed by atoms with van der Waals surface area (Å²) in [5, 5.41) is 19.6. The van der Waals surface area contributed by atoms with Gasteiger partial charge in [-0.05, 0) is 48.7 Å². The van der Waals surface area contributed by atoms with E-state index in [2.05, 4.69) is 17.9 Å². The smallest absolute Gasteiger partial charge is 0.227 e. The molecule has 1 N–H and O–H groups in total. The Hall–Kier alpha value is -3.15. The fraction of sp³-hybridized carbons (Fsp3) is 0.360. The van der Waals surface area contributed by atoms with Gasteiger partial charge in [0.15, 0.2) is 0 Å². The Morgan fingerprint density at radius 2 is 1.80 bits per heavy atom. The lowest BCUT2D eigenvalue weighted by molar-refractivity contribution is -0.151. The number of carbonyl (C=O) groups excluding carboxylic acids is 1. The molecule has 0 aromatic heterocycles. The van der Waals surface area contributed by atoms with E-state index in [-0.39, 0.29) is 36.2 Å². The Morgan fingerprint density at radius 3 is 2.43 bits per heavy atom. The molecule has 1 aliphatic carbocycles. The molecule has 0 radical (unpaired) electrons. The number of aliphatic hydroxyl groups is 1. The molecular weight excluding hydrogens is 379 g/mol. The first-order valence-corrected chi connectivity index (χ1v) is 10.3. The molecule has 30 heavy (non-hydrogen) atoms. The summed E-state index contributed by atoms with van der Waals surface area (Å²) in [6.45, 7) is -0.164. The van der Waals surface area contributed by atoms with Gasteiger partial charge in [-0.15, -0.1) is 0 Å². The summed E-state index contributed by atoms with van der Waals surface area (Å²) in [6, 6.07) is 15.0. The van der Waals surface area contributed by atoms with Crippen LogP contribution in [-0.4, -0.2) is 34.6 Å². The van der Waals surface area contributed by atoms with E-state index in [9.17, 15) is 19.6 Å². The summed E-state index contributed by atoms with van der Waals surface area (Å²) in [7, 11) is 0. The monoisotopic (exact) mass is 402 g/mol. The third kappa shape index (κ3) is 3.82. The minimum absolute atomic E-state index is 0.00642. The van der Waals surface area contributed by atoms with Gasteiger partial charge in [0.25, 0.3) is 0 Å². The number of nitrogens with zero attached hydrogens (tertiary/aromatic N) is 2. The molecule has 1 saturated heterocycles. The molecule has 0 spiro atoms. The second kappa shape index (κ2) is 8.69. The van der Waals surface area contributed by atoms with Crippen LogP contribution in [0.2, 0.25) is 0 Å². The third-order valence-electron chi connectivity index (χ3n) is 6.16. The van der Waals surface area contributed by atoms with Crippen molar-refractivity contribution in [3.63, 3.8) is 0 Å². The highest BCUT2D eigenvalue weighted by atomic mass is 19.1. The number of hydrogen-bond acceptors (Lipinski definition) is 3. The average Bonchev–Trinajstić information content (AvgIpc) is 3.28. The summed E-state index contributed by atoms with van der Waals surface area (Å²) in [5.41, 5.74) is 2.28. The van der Waals surface area contributed by atoms with E-state index < -0.39 is 6.04 Å². The molecule has 2 aliphatic rings. The molecule has 3 atom stereocenters. The molecule has 2 aromatic carbocycles. The lowest BCUT2D eigenvalue weighted by atomic mass is 9.75. The fourth-order valence-corrected chi connectivity index (χ4v) is 4.59. The first kappa shape index (κ1) is 20.1. The van der Waals surface area contributed by atoms with Crippen molar-refractivity contribution in [2.45, 2.75) is 43.7 Å². The number of halogens is 1. The van der Waals surface area contributed by atoms with Crippen LogP contribution in [0.4, 0.5) is 4.39 Å². The number of rotatable bonds is 3. The van der Waals surface area contributed by atoms with Crippen molar-refractivity contribution >= 4 is 5.91 Å². The molecule has 4 rings (SSSR count). The van der Waals surface area contributed by atoms with E-state index in [1.54, 1.807) is 17.0 Å². The van der Waals surface area contributed by atoms with Crippen LogP contribution < -0.4 is 0 Å². The molecular formula is C25H23FN2O2. The molecule has 2 aromatic rings. The summed E-state index contributed by atoms with van der Waals surface area (Å²) in [4.78, 5) is 14.5. The second-order valence-electron chi connectivity index (χ2n) is 7.96. The molecule has 2 fully saturated rings. The van der Waals surface area contributed by atoms with Crippen molar-refractivity contribution in [1.29, 1.82) is 5.26 Å². The van der Waals surface area contributed by atoms with Gasteiger partial charge in [-0.3, -0.25) is 4.79 Å². The quantitative estimate of drug-likeness (QED) is 0.798. The number of nitriles is 1. The van der Waals surface area contributed by atoms with Crippen molar-refractivity contribution in [2.24, 2.45) is 5.92 Å². The van der Waals surface area contributed by atoms with Crippen molar-refractivity contribution in [3.8, 4) is 17.9 Å².